The van der Waals surface area contributed by atoms with Gasteiger partial charge in [0.25, 0.3) is 0 Å². The van der Waals surface area contributed by atoms with Crippen molar-refractivity contribution >= 4 is 0 Å². The Kier molecular flexibility index (Phi) is 2.86. The van der Waals surface area contributed by atoms with Crippen LogP contribution in [-0.4, -0.2) is 18.2 Å². The molecule has 92 valence electrons. The van der Waals surface area contributed by atoms with Crippen molar-refractivity contribution in [1.82, 2.24) is 4.98 Å². The molecule has 0 bridgehead atoms. The quantitative estimate of drug-likeness (QED) is 0.890. The molecule has 0 saturated carbocycles. The first-order chi connectivity index (χ1) is 8.85. The molecule has 0 aliphatic carbocycles. The predicted octanol–water partition coefficient (Wildman–Crippen LogP) is 1.86. The summed E-state index contributed by atoms with van der Waals surface area (Å²) in [6.07, 6.45) is 1.84. The summed E-state index contributed by atoms with van der Waals surface area (Å²) in [4.78, 5) is 4.49. The number of nitrogens with two attached hydrogens (primary N) is 1. The predicted molar refractivity (Wildman–Crippen MR) is 70.2 cm³/mol. The van der Waals surface area contributed by atoms with Crippen LogP contribution in [0.5, 0.6) is 0 Å². The summed E-state index contributed by atoms with van der Waals surface area (Å²) in [6, 6.07) is 14.4. The van der Waals surface area contributed by atoms with Crippen LogP contribution in [0, 0.1) is 0 Å². The van der Waals surface area contributed by atoms with E-state index < -0.39 is 0 Å². The Hall–Kier alpha value is -1.71. The van der Waals surface area contributed by atoms with E-state index in [1.165, 1.54) is 5.56 Å². The molecule has 18 heavy (non-hydrogen) atoms. The fraction of sp³-hybridized carbons (Fsp3) is 0.267. The van der Waals surface area contributed by atoms with Crippen LogP contribution in [0.4, 0.5) is 0 Å². The van der Waals surface area contributed by atoms with Crippen LogP contribution in [0.25, 0.3) is 0 Å². The molecule has 1 fully saturated rings. The summed E-state index contributed by atoms with van der Waals surface area (Å²) in [6.45, 7) is 1.95. The van der Waals surface area contributed by atoms with Crippen LogP contribution in [-0.2, 0) is 16.7 Å². The molecule has 2 heterocycles. The molecule has 0 unspecified atom stereocenters. The van der Waals surface area contributed by atoms with E-state index in [0.717, 1.165) is 11.3 Å². The van der Waals surface area contributed by atoms with E-state index in [1.807, 2.05) is 18.3 Å². The highest BCUT2D eigenvalue weighted by molar-refractivity contribution is 5.40. The standard InChI is InChI=1S/C15H16N2O/c16-9-12-4-3-5-13(8-12)15(10-18-11-15)14-6-1-2-7-17-14/h1-8H,9-11,16H2. The van der Waals surface area contributed by atoms with Crippen LogP contribution >= 0.6 is 0 Å². The highest BCUT2D eigenvalue weighted by Crippen LogP contribution is 2.38. The highest BCUT2D eigenvalue weighted by atomic mass is 16.5. The SMILES string of the molecule is NCc1cccc(C2(c3ccccn3)COC2)c1. The van der Waals surface area contributed by atoms with Crippen LogP contribution < -0.4 is 5.73 Å². The minimum atomic E-state index is -0.0908. The summed E-state index contributed by atoms with van der Waals surface area (Å²) in [5.41, 5.74) is 9.09. The van der Waals surface area contributed by atoms with Crippen molar-refractivity contribution in [2.24, 2.45) is 5.73 Å². The van der Waals surface area contributed by atoms with Crippen molar-refractivity contribution in [2.45, 2.75) is 12.0 Å². The van der Waals surface area contributed by atoms with E-state index in [9.17, 15) is 0 Å². The zero-order valence-corrected chi connectivity index (χ0v) is 10.2. The number of hydrogen-bond acceptors (Lipinski definition) is 3. The Balaban J connectivity index is 2.06. The van der Waals surface area contributed by atoms with Gasteiger partial charge in [0.15, 0.2) is 0 Å². The van der Waals surface area contributed by atoms with Gasteiger partial charge in [0.2, 0.25) is 0 Å². The molecule has 1 aliphatic heterocycles. The molecule has 1 aromatic heterocycles. The first kappa shape index (κ1) is 11.4. The number of ether oxygens (including phenoxy) is 1. The van der Waals surface area contributed by atoms with Gasteiger partial charge in [-0.1, -0.05) is 30.3 Å². The molecular formula is C15H16N2O. The van der Waals surface area contributed by atoms with Crippen LogP contribution in [0.2, 0.25) is 0 Å². The van der Waals surface area contributed by atoms with Crippen LogP contribution in [0.1, 0.15) is 16.8 Å². The number of nitrogens with zero attached hydrogens (tertiary/aromatic N) is 1. The number of pyridine rings is 1. The molecular weight excluding hydrogens is 224 g/mol. The van der Waals surface area contributed by atoms with Crippen molar-refractivity contribution in [3.63, 3.8) is 0 Å². The first-order valence-corrected chi connectivity index (χ1v) is 6.14. The number of hydrogen-bond donors (Lipinski definition) is 1. The molecule has 2 aromatic rings. The lowest BCUT2D eigenvalue weighted by atomic mass is 9.75. The van der Waals surface area contributed by atoms with E-state index >= 15 is 0 Å². The molecule has 1 aliphatic rings. The van der Waals surface area contributed by atoms with Gasteiger partial charge in [-0.2, -0.15) is 0 Å². The van der Waals surface area contributed by atoms with Crippen LogP contribution in [0.15, 0.2) is 48.7 Å². The van der Waals surface area contributed by atoms with E-state index in [-0.39, 0.29) is 5.41 Å². The highest BCUT2D eigenvalue weighted by Gasteiger charge is 2.43. The van der Waals surface area contributed by atoms with Gasteiger partial charge in [0.1, 0.15) is 0 Å². The fourth-order valence-electron chi connectivity index (χ4n) is 2.41. The topological polar surface area (TPSA) is 48.1 Å². The second-order valence-electron chi connectivity index (χ2n) is 4.69. The Bertz CT molecular complexity index is 535. The Morgan fingerprint density at radius 3 is 2.67 bits per heavy atom. The maximum Gasteiger partial charge on any atom is 0.0841 e. The fourth-order valence-corrected chi connectivity index (χ4v) is 2.41. The maximum atomic E-state index is 5.71. The average molecular weight is 240 g/mol. The van der Waals surface area contributed by atoms with Gasteiger partial charge in [-0.15, -0.1) is 0 Å². The monoisotopic (exact) mass is 240 g/mol. The zero-order valence-electron chi connectivity index (χ0n) is 10.2. The first-order valence-electron chi connectivity index (χ1n) is 6.14. The molecule has 3 rings (SSSR count). The minimum absolute atomic E-state index is 0.0908. The van der Waals surface area contributed by atoms with Gasteiger partial charge in [-0.25, -0.2) is 0 Å². The Morgan fingerprint density at radius 1 is 1.17 bits per heavy atom. The third-order valence-electron chi connectivity index (χ3n) is 3.57. The Labute approximate surface area is 107 Å². The third-order valence-corrected chi connectivity index (χ3v) is 3.57. The smallest absolute Gasteiger partial charge is 0.0841 e. The summed E-state index contributed by atoms with van der Waals surface area (Å²) in [5.74, 6) is 0. The van der Waals surface area contributed by atoms with E-state index in [0.29, 0.717) is 19.8 Å². The van der Waals surface area contributed by atoms with E-state index in [1.54, 1.807) is 0 Å². The molecule has 3 heteroatoms. The summed E-state index contributed by atoms with van der Waals surface area (Å²) in [7, 11) is 0. The summed E-state index contributed by atoms with van der Waals surface area (Å²) < 4.78 is 5.45. The van der Waals surface area contributed by atoms with E-state index in [2.05, 4.69) is 35.3 Å². The van der Waals surface area contributed by atoms with Crippen molar-refractivity contribution in [2.75, 3.05) is 13.2 Å². The van der Waals surface area contributed by atoms with Gasteiger partial charge < -0.3 is 10.5 Å². The van der Waals surface area contributed by atoms with Gasteiger partial charge in [-0.05, 0) is 23.3 Å². The van der Waals surface area contributed by atoms with Crippen molar-refractivity contribution in [3.8, 4) is 0 Å². The van der Waals surface area contributed by atoms with Gasteiger partial charge in [0.05, 0.1) is 24.3 Å². The molecule has 1 aromatic carbocycles. The number of rotatable bonds is 3. The number of benzene rings is 1. The maximum absolute atomic E-state index is 5.71. The largest absolute Gasteiger partial charge is 0.379 e. The minimum Gasteiger partial charge on any atom is -0.379 e. The van der Waals surface area contributed by atoms with Crippen molar-refractivity contribution in [3.05, 3.63) is 65.5 Å². The molecule has 0 amide bonds. The molecule has 0 spiro atoms. The second-order valence-corrected chi connectivity index (χ2v) is 4.69. The lowest BCUT2D eigenvalue weighted by Crippen LogP contribution is -2.48. The van der Waals surface area contributed by atoms with Gasteiger partial charge >= 0.3 is 0 Å². The lowest BCUT2D eigenvalue weighted by Gasteiger charge is -2.41. The third kappa shape index (κ3) is 1.72. The normalized spacial score (nSPS) is 17.2. The zero-order chi connectivity index (χ0) is 12.4. The molecule has 2 N–H and O–H groups in total. The van der Waals surface area contributed by atoms with Crippen molar-refractivity contribution < 1.29 is 4.74 Å². The van der Waals surface area contributed by atoms with Gasteiger partial charge in [0, 0.05) is 12.7 Å². The molecule has 1 saturated heterocycles. The molecule has 0 atom stereocenters. The van der Waals surface area contributed by atoms with Gasteiger partial charge in [-0.3, -0.25) is 4.98 Å². The molecule has 3 nitrogen and oxygen atoms in total. The lowest BCUT2D eigenvalue weighted by molar-refractivity contribution is -0.0400. The van der Waals surface area contributed by atoms with Crippen LogP contribution in [0.3, 0.4) is 0 Å². The Morgan fingerprint density at radius 2 is 2.06 bits per heavy atom. The number of aromatic nitrogens is 1. The molecule has 0 radical (unpaired) electrons. The van der Waals surface area contributed by atoms with Crippen molar-refractivity contribution in [1.29, 1.82) is 0 Å². The van der Waals surface area contributed by atoms with E-state index in [4.69, 9.17) is 10.5 Å². The average Bonchev–Trinajstić information content (AvgIpc) is 2.39. The summed E-state index contributed by atoms with van der Waals surface area (Å²) in [5, 5.41) is 0. The summed E-state index contributed by atoms with van der Waals surface area (Å²) >= 11 is 0. The second kappa shape index (κ2) is 4.52.